The molecular weight excluding hydrogens is 314 g/mol. The number of likely N-dealkylation sites (tertiary alicyclic amines) is 1. The van der Waals surface area contributed by atoms with Gasteiger partial charge in [0.05, 0.1) is 17.8 Å². The standard InChI is InChI=1S/C19H23N5O/c1-12-6-5-7-16(8-12)19-21-20-18(25-19)15(4)23-10-17(11-23)24-14(3)9-13(2)22-24/h5-9,15,17H,10-11H2,1-4H3/t15-/m0/s1. The monoisotopic (exact) mass is 337 g/mol. The molecule has 1 aliphatic rings. The highest BCUT2D eigenvalue weighted by molar-refractivity contribution is 5.53. The number of nitrogens with zero attached hydrogens (tertiary/aromatic N) is 5. The molecule has 0 unspecified atom stereocenters. The number of hydrogen-bond acceptors (Lipinski definition) is 5. The zero-order valence-electron chi connectivity index (χ0n) is 15.1. The Kier molecular flexibility index (Phi) is 3.92. The molecule has 1 saturated heterocycles. The van der Waals surface area contributed by atoms with E-state index in [-0.39, 0.29) is 6.04 Å². The first-order valence-corrected chi connectivity index (χ1v) is 8.68. The summed E-state index contributed by atoms with van der Waals surface area (Å²) in [6, 6.07) is 10.8. The van der Waals surface area contributed by atoms with E-state index >= 15 is 0 Å². The van der Waals surface area contributed by atoms with Gasteiger partial charge in [-0.1, -0.05) is 17.7 Å². The van der Waals surface area contributed by atoms with Gasteiger partial charge in [0, 0.05) is 24.3 Å². The summed E-state index contributed by atoms with van der Waals surface area (Å²) in [5.41, 5.74) is 4.44. The van der Waals surface area contributed by atoms with Crippen LogP contribution in [0.1, 0.15) is 41.8 Å². The van der Waals surface area contributed by atoms with Crippen LogP contribution in [0.2, 0.25) is 0 Å². The summed E-state index contributed by atoms with van der Waals surface area (Å²) in [4.78, 5) is 2.34. The molecule has 0 aliphatic carbocycles. The van der Waals surface area contributed by atoms with Crippen LogP contribution in [0.4, 0.5) is 0 Å². The molecule has 0 radical (unpaired) electrons. The fourth-order valence-corrected chi connectivity index (χ4v) is 3.43. The molecule has 25 heavy (non-hydrogen) atoms. The normalized spacial score (nSPS) is 16.8. The molecule has 6 heteroatoms. The molecule has 0 bridgehead atoms. The molecule has 1 fully saturated rings. The summed E-state index contributed by atoms with van der Waals surface area (Å²) in [5.74, 6) is 1.25. The van der Waals surface area contributed by atoms with Gasteiger partial charge < -0.3 is 4.42 Å². The van der Waals surface area contributed by atoms with Crippen molar-refractivity contribution in [1.82, 2.24) is 24.9 Å². The van der Waals surface area contributed by atoms with Gasteiger partial charge in [0.2, 0.25) is 11.8 Å². The van der Waals surface area contributed by atoms with E-state index in [0.717, 1.165) is 24.3 Å². The van der Waals surface area contributed by atoms with E-state index in [0.29, 0.717) is 17.8 Å². The van der Waals surface area contributed by atoms with Crippen LogP contribution in [0.5, 0.6) is 0 Å². The molecule has 3 aromatic rings. The van der Waals surface area contributed by atoms with Crippen molar-refractivity contribution in [3.8, 4) is 11.5 Å². The largest absolute Gasteiger partial charge is 0.419 e. The Labute approximate surface area is 147 Å². The van der Waals surface area contributed by atoms with Crippen molar-refractivity contribution in [2.75, 3.05) is 13.1 Å². The molecule has 3 heterocycles. The Morgan fingerprint density at radius 2 is 1.92 bits per heavy atom. The van der Waals surface area contributed by atoms with E-state index in [1.54, 1.807) is 0 Å². The van der Waals surface area contributed by atoms with Crippen molar-refractivity contribution < 1.29 is 4.42 Å². The van der Waals surface area contributed by atoms with Gasteiger partial charge in [-0.05, 0) is 45.9 Å². The van der Waals surface area contributed by atoms with Gasteiger partial charge in [-0.15, -0.1) is 10.2 Å². The highest BCUT2D eigenvalue weighted by atomic mass is 16.4. The Hall–Kier alpha value is -2.47. The smallest absolute Gasteiger partial charge is 0.247 e. The molecule has 0 saturated carbocycles. The SMILES string of the molecule is Cc1cccc(-c2nnc([C@H](C)N3CC(n4nc(C)cc4C)C3)o2)c1. The summed E-state index contributed by atoms with van der Waals surface area (Å²) in [6.45, 7) is 10.2. The Morgan fingerprint density at radius 1 is 1.12 bits per heavy atom. The van der Waals surface area contributed by atoms with Gasteiger partial charge in [-0.25, -0.2) is 0 Å². The average Bonchev–Trinajstić information content (AvgIpc) is 3.13. The average molecular weight is 337 g/mol. The number of benzene rings is 1. The van der Waals surface area contributed by atoms with E-state index in [9.17, 15) is 0 Å². The number of aromatic nitrogens is 4. The molecule has 6 nitrogen and oxygen atoms in total. The molecule has 1 atom stereocenters. The Morgan fingerprint density at radius 3 is 2.60 bits per heavy atom. The maximum absolute atomic E-state index is 5.93. The number of rotatable bonds is 4. The lowest BCUT2D eigenvalue weighted by Crippen LogP contribution is -2.49. The lowest BCUT2D eigenvalue weighted by Gasteiger charge is -2.42. The fraction of sp³-hybridized carbons (Fsp3) is 0.421. The van der Waals surface area contributed by atoms with Gasteiger partial charge >= 0.3 is 0 Å². The van der Waals surface area contributed by atoms with Crippen molar-refractivity contribution in [2.24, 2.45) is 0 Å². The van der Waals surface area contributed by atoms with Crippen LogP contribution in [0.25, 0.3) is 11.5 Å². The second kappa shape index (κ2) is 6.11. The van der Waals surface area contributed by atoms with Crippen molar-refractivity contribution in [2.45, 2.75) is 39.8 Å². The minimum Gasteiger partial charge on any atom is -0.419 e. The molecule has 0 spiro atoms. The first-order chi connectivity index (χ1) is 12.0. The van der Waals surface area contributed by atoms with Crippen LogP contribution in [-0.2, 0) is 0 Å². The zero-order valence-corrected chi connectivity index (χ0v) is 15.1. The maximum atomic E-state index is 5.93. The van der Waals surface area contributed by atoms with E-state index in [1.807, 2.05) is 19.1 Å². The number of hydrogen-bond donors (Lipinski definition) is 0. The predicted octanol–water partition coefficient (Wildman–Crippen LogP) is 3.48. The van der Waals surface area contributed by atoms with Crippen LogP contribution in [-0.4, -0.2) is 38.0 Å². The summed E-state index contributed by atoms with van der Waals surface area (Å²) in [5, 5.41) is 13.1. The lowest BCUT2D eigenvalue weighted by atomic mass is 10.1. The summed E-state index contributed by atoms with van der Waals surface area (Å²) >= 11 is 0. The van der Waals surface area contributed by atoms with E-state index in [4.69, 9.17) is 4.42 Å². The van der Waals surface area contributed by atoms with E-state index < -0.39 is 0 Å². The number of aryl methyl sites for hydroxylation is 3. The second-order valence-electron chi connectivity index (χ2n) is 6.97. The zero-order chi connectivity index (χ0) is 17.6. The third kappa shape index (κ3) is 2.98. The minimum absolute atomic E-state index is 0.110. The third-order valence-electron chi connectivity index (χ3n) is 4.89. The van der Waals surface area contributed by atoms with Crippen LogP contribution in [0.15, 0.2) is 34.7 Å². The second-order valence-corrected chi connectivity index (χ2v) is 6.97. The van der Waals surface area contributed by atoms with Gasteiger partial charge in [-0.2, -0.15) is 5.10 Å². The first-order valence-electron chi connectivity index (χ1n) is 8.68. The fourth-order valence-electron chi connectivity index (χ4n) is 3.43. The highest BCUT2D eigenvalue weighted by Gasteiger charge is 2.35. The maximum Gasteiger partial charge on any atom is 0.247 e. The minimum atomic E-state index is 0.110. The summed E-state index contributed by atoms with van der Waals surface area (Å²) in [7, 11) is 0. The Bertz CT molecular complexity index is 891. The van der Waals surface area contributed by atoms with Crippen molar-refractivity contribution in [3.05, 3.63) is 53.2 Å². The van der Waals surface area contributed by atoms with E-state index in [1.165, 1.54) is 11.3 Å². The van der Waals surface area contributed by atoms with Crippen LogP contribution in [0.3, 0.4) is 0 Å². The van der Waals surface area contributed by atoms with Gasteiger partial charge in [-0.3, -0.25) is 9.58 Å². The molecule has 0 amide bonds. The molecule has 0 N–H and O–H groups in total. The lowest BCUT2D eigenvalue weighted by molar-refractivity contribution is 0.0473. The first kappa shape index (κ1) is 16.0. The molecule has 2 aromatic heterocycles. The quantitative estimate of drug-likeness (QED) is 0.729. The highest BCUT2D eigenvalue weighted by Crippen LogP contribution is 2.32. The van der Waals surface area contributed by atoms with Gasteiger partial charge in [0.25, 0.3) is 0 Å². The van der Waals surface area contributed by atoms with Gasteiger partial charge in [0.15, 0.2) is 0 Å². The molecular formula is C19H23N5O. The van der Waals surface area contributed by atoms with Crippen LogP contribution in [0, 0.1) is 20.8 Å². The summed E-state index contributed by atoms with van der Waals surface area (Å²) in [6.07, 6.45) is 0. The predicted molar refractivity (Wildman–Crippen MR) is 95.2 cm³/mol. The van der Waals surface area contributed by atoms with E-state index in [2.05, 4.69) is 63.8 Å². The van der Waals surface area contributed by atoms with Crippen LogP contribution >= 0.6 is 0 Å². The van der Waals surface area contributed by atoms with Gasteiger partial charge in [0.1, 0.15) is 0 Å². The molecule has 1 aliphatic heterocycles. The molecule has 4 rings (SSSR count). The van der Waals surface area contributed by atoms with Crippen LogP contribution < -0.4 is 0 Å². The molecule has 1 aromatic carbocycles. The third-order valence-corrected chi connectivity index (χ3v) is 4.89. The Balaban J connectivity index is 1.44. The van der Waals surface area contributed by atoms with Crippen molar-refractivity contribution in [1.29, 1.82) is 0 Å². The van der Waals surface area contributed by atoms with Crippen molar-refractivity contribution in [3.63, 3.8) is 0 Å². The molecule has 130 valence electrons. The topological polar surface area (TPSA) is 60.0 Å². The van der Waals surface area contributed by atoms with Crippen molar-refractivity contribution >= 4 is 0 Å². The summed E-state index contributed by atoms with van der Waals surface area (Å²) < 4.78 is 8.06.